The molecule has 0 spiro atoms. The number of hydrogen-bond acceptors (Lipinski definition) is 5. The van der Waals surface area contributed by atoms with Crippen molar-refractivity contribution >= 4 is 23.3 Å². The van der Waals surface area contributed by atoms with E-state index < -0.39 is 0 Å². The zero-order chi connectivity index (χ0) is 22.8. The van der Waals surface area contributed by atoms with Crippen LogP contribution in [0, 0.1) is 6.92 Å². The van der Waals surface area contributed by atoms with Crippen LogP contribution >= 0.6 is 12.4 Å². The number of pyridine rings is 2. The molecule has 0 bridgehead atoms. The lowest BCUT2D eigenvalue weighted by molar-refractivity contribution is 0.789. The highest BCUT2D eigenvalue weighted by molar-refractivity contribution is 5.85. The number of nitrogens with zero attached hydrogens (tertiary/aromatic N) is 5. The third-order valence-electron chi connectivity index (χ3n) is 5.87. The smallest absolute Gasteiger partial charge is 0.251 e. The summed E-state index contributed by atoms with van der Waals surface area (Å²) in [6.07, 6.45) is 1.91. The van der Waals surface area contributed by atoms with Crippen molar-refractivity contribution < 1.29 is 0 Å². The molecule has 3 heterocycles. The van der Waals surface area contributed by atoms with Crippen LogP contribution in [0.2, 0.25) is 0 Å². The maximum Gasteiger partial charge on any atom is 0.251 e. The normalized spacial score (nSPS) is 10.9. The minimum absolute atomic E-state index is 0. The fourth-order valence-electron chi connectivity index (χ4n) is 4.26. The maximum atomic E-state index is 12.8. The van der Waals surface area contributed by atoms with E-state index in [-0.39, 0.29) is 18.0 Å². The number of halogens is 1. The first kappa shape index (κ1) is 23.3. The molecule has 0 amide bonds. The van der Waals surface area contributed by atoms with E-state index in [9.17, 15) is 4.79 Å². The molecule has 0 fully saturated rings. The summed E-state index contributed by atoms with van der Waals surface area (Å²) in [6.45, 7) is 4.64. The van der Waals surface area contributed by atoms with Gasteiger partial charge in [-0.05, 0) is 52.6 Å². The quantitative estimate of drug-likeness (QED) is 0.376. The Morgan fingerprint density at radius 1 is 0.971 bits per heavy atom. The Labute approximate surface area is 203 Å². The molecule has 0 unspecified atom stereocenters. The lowest BCUT2D eigenvalue weighted by atomic mass is 9.98. The van der Waals surface area contributed by atoms with Crippen molar-refractivity contribution in [3.05, 3.63) is 94.0 Å². The Kier molecular flexibility index (Phi) is 6.84. The molecule has 0 saturated carbocycles. The highest BCUT2D eigenvalue weighted by Gasteiger charge is 2.12. The average Bonchev–Trinajstić information content (AvgIpc) is 3.37. The largest absolute Gasteiger partial charge is 0.304 e. The summed E-state index contributed by atoms with van der Waals surface area (Å²) in [4.78, 5) is 17.5. The van der Waals surface area contributed by atoms with Gasteiger partial charge in [-0.2, -0.15) is 0 Å². The van der Waals surface area contributed by atoms with Gasteiger partial charge in [0.2, 0.25) is 0 Å². The highest BCUT2D eigenvalue weighted by atomic mass is 35.5. The first-order valence-corrected chi connectivity index (χ1v) is 11.1. The van der Waals surface area contributed by atoms with Crippen molar-refractivity contribution in [3.63, 3.8) is 0 Å². The van der Waals surface area contributed by atoms with Crippen LogP contribution in [0.25, 0.3) is 33.4 Å². The van der Waals surface area contributed by atoms with Gasteiger partial charge in [0.05, 0.1) is 12.1 Å². The molecule has 2 aromatic carbocycles. The average molecular weight is 473 g/mol. The van der Waals surface area contributed by atoms with Crippen LogP contribution in [0.3, 0.4) is 0 Å². The zero-order valence-corrected chi connectivity index (χ0v) is 19.8. The van der Waals surface area contributed by atoms with Gasteiger partial charge >= 0.3 is 0 Å². The molecule has 5 aromatic rings. The molecule has 1 N–H and O–H groups in total. The Morgan fingerprint density at radius 3 is 2.44 bits per heavy atom. The van der Waals surface area contributed by atoms with Crippen LogP contribution in [0.5, 0.6) is 0 Å². The second-order valence-corrected chi connectivity index (χ2v) is 8.13. The molecular weight excluding hydrogens is 448 g/mol. The van der Waals surface area contributed by atoms with Gasteiger partial charge < -0.3 is 4.57 Å². The molecule has 0 atom stereocenters. The van der Waals surface area contributed by atoms with Crippen LogP contribution in [0.15, 0.2) is 71.5 Å². The van der Waals surface area contributed by atoms with Gasteiger partial charge in [0.1, 0.15) is 0 Å². The van der Waals surface area contributed by atoms with Crippen LogP contribution in [0.4, 0.5) is 0 Å². The predicted molar refractivity (Wildman–Crippen MR) is 136 cm³/mol. The molecular formula is C26H25ClN6O. The van der Waals surface area contributed by atoms with Crippen LogP contribution in [-0.4, -0.2) is 30.2 Å². The number of hydrogen-bond donors (Lipinski definition) is 1. The first-order chi connectivity index (χ1) is 16.1. The summed E-state index contributed by atoms with van der Waals surface area (Å²) >= 11 is 0. The lowest BCUT2D eigenvalue weighted by Crippen LogP contribution is -2.20. The Bertz CT molecular complexity index is 1480. The molecule has 0 aliphatic carbocycles. The van der Waals surface area contributed by atoms with Crippen LogP contribution in [0.1, 0.15) is 30.3 Å². The number of aromatic nitrogens is 6. The van der Waals surface area contributed by atoms with Crippen molar-refractivity contribution in [3.8, 4) is 22.5 Å². The summed E-state index contributed by atoms with van der Waals surface area (Å²) in [5, 5.41) is 15.3. The fourth-order valence-corrected chi connectivity index (χ4v) is 4.26. The summed E-state index contributed by atoms with van der Waals surface area (Å²) < 4.78 is 1.84. The number of benzene rings is 2. The molecule has 172 valence electrons. The van der Waals surface area contributed by atoms with Gasteiger partial charge in [0, 0.05) is 28.4 Å². The van der Waals surface area contributed by atoms with Crippen molar-refractivity contribution in [2.75, 3.05) is 0 Å². The van der Waals surface area contributed by atoms with Gasteiger partial charge in [-0.25, -0.2) is 5.10 Å². The van der Waals surface area contributed by atoms with Gasteiger partial charge in [0.15, 0.2) is 5.82 Å². The van der Waals surface area contributed by atoms with Gasteiger partial charge in [-0.1, -0.05) is 61.9 Å². The molecule has 0 aliphatic rings. The number of H-pyrrole nitrogens is 1. The van der Waals surface area contributed by atoms with E-state index in [1.54, 1.807) is 6.07 Å². The van der Waals surface area contributed by atoms with E-state index in [1.165, 1.54) is 0 Å². The number of nitrogens with one attached hydrogen (secondary N) is 1. The molecule has 7 nitrogen and oxygen atoms in total. The predicted octanol–water partition coefficient (Wildman–Crippen LogP) is 4.97. The summed E-state index contributed by atoms with van der Waals surface area (Å²) in [5.41, 5.74) is 6.99. The SMILES string of the molecule is CCCc1cc2c(ccc(=O)n2Cc2ccc(-c3ccccc3-c3nnn[nH]3)cc2)c(C)n1.Cl. The number of fused-ring (bicyclic) bond motifs is 1. The van der Waals surface area contributed by atoms with Gasteiger partial charge in [-0.3, -0.25) is 9.78 Å². The summed E-state index contributed by atoms with van der Waals surface area (Å²) in [5.74, 6) is 0.629. The Hall–Kier alpha value is -3.84. The molecule has 8 heteroatoms. The summed E-state index contributed by atoms with van der Waals surface area (Å²) in [7, 11) is 0. The third kappa shape index (κ3) is 4.47. The standard InChI is InChI=1S/C26H24N6O.ClH/c1-3-6-20-15-24-21(17(2)27-20)13-14-25(33)32(24)16-18-9-11-19(12-10-18)22-7-4-5-8-23(22)26-28-30-31-29-26;/h4-5,7-15H,3,6,16H2,1-2H3,(H,28,29,30,31);1H. The molecule has 0 radical (unpaired) electrons. The molecule has 34 heavy (non-hydrogen) atoms. The third-order valence-corrected chi connectivity index (χ3v) is 5.87. The molecule has 3 aromatic heterocycles. The van der Waals surface area contributed by atoms with Crippen molar-refractivity contribution in [1.82, 2.24) is 30.2 Å². The van der Waals surface area contributed by atoms with Crippen molar-refractivity contribution in [2.45, 2.75) is 33.2 Å². The number of tetrazole rings is 1. The minimum Gasteiger partial charge on any atom is -0.304 e. The topological polar surface area (TPSA) is 89.4 Å². The van der Waals surface area contributed by atoms with E-state index in [1.807, 2.05) is 41.8 Å². The van der Waals surface area contributed by atoms with Crippen LogP contribution in [-0.2, 0) is 13.0 Å². The summed E-state index contributed by atoms with van der Waals surface area (Å²) in [6, 6.07) is 21.8. The first-order valence-electron chi connectivity index (χ1n) is 11.1. The van der Waals surface area contributed by atoms with Crippen LogP contribution < -0.4 is 5.56 Å². The Morgan fingerprint density at radius 2 is 1.74 bits per heavy atom. The van der Waals surface area contributed by atoms with Crippen molar-refractivity contribution in [1.29, 1.82) is 0 Å². The number of aromatic amines is 1. The monoisotopic (exact) mass is 472 g/mol. The second-order valence-electron chi connectivity index (χ2n) is 8.13. The maximum absolute atomic E-state index is 12.8. The fraction of sp³-hybridized carbons (Fsp3) is 0.192. The highest BCUT2D eigenvalue weighted by Crippen LogP contribution is 2.30. The van der Waals surface area contributed by atoms with E-state index in [4.69, 9.17) is 4.98 Å². The van der Waals surface area contributed by atoms with E-state index in [0.717, 1.165) is 57.4 Å². The Balaban J connectivity index is 0.00000274. The zero-order valence-electron chi connectivity index (χ0n) is 19.0. The van der Waals surface area contributed by atoms with Gasteiger partial charge in [-0.15, -0.1) is 17.5 Å². The number of rotatable bonds is 6. The van der Waals surface area contributed by atoms with E-state index >= 15 is 0 Å². The van der Waals surface area contributed by atoms with E-state index in [0.29, 0.717) is 12.4 Å². The van der Waals surface area contributed by atoms with Crippen molar-refractivity contribution in [2.24, 2.45) is 0 Å². The number of aryl methyl sites for hydroxylation is 2. The van der Waals surface area contributed by atoms with Gasteiger partial charge in [0.25, 0.3) is 5.56 Å². The molecule has 0 aliphatic heterocycles. The molecule has 5 rings (SSSR count). The second kappa shape index (κ2) is 9.97. The minimum atomic E-state index is -0.0113. The van der Waals surface area contributed by atoms with E-state index in [2.05, 4.69) is 57.9 Å². The lowest BCUT2D eigenvalue weighted by Gasteiger charge is -2.14. The molecule has 0 saturated heterocycles.